The van der Waals surface area contributed by atoms with Gasteiger partial charge >= 0.3 is 0 Å². The first-order chi connectivity index (χ1) is 5.79. The third-order valence-electron chi connectivity index (χ3n) is 1.54. The van der Waals surface area contributed by atoms with Crippen molar-refractivity contribution in [1.82, 2.24) is 9.97 Å². The van der Waals surface area contributed by atoms with Crippen molar-refractivity contribution in [2.24, 2.45) is 0 Å². The highest BCUT2D eigenvalue weighted by Crippen LogP contribution is 2.27. The molecule has 0 N–H and O–H groups in total. The average molecular weight is 288 g/mol. The molecule has 0 unspecified atom stereocenters. The zero-order valence-electron chi connectivity index (χ0n) is 5.96. The first-order valence-electron chi connectivity index (χ1n) is 3.34. The second kappa shape index (κ2) is 3.11. The van der Waals surface area contributed by atoms with Crippen molar-refractivity contribution in [2.75, 3.05) is 0 Å². The Morgan fingerprint density at radius 3 is 1.83 bits per heavy atom. The first-order valence-corrected chi connectivity index (χ1v) is 4.92. The molecule has 0 spiro atoms. The van der Waals surface area contributed by atoms with E-state index in [1.165, 1.54) is 0 Å². The number of hydrogen-bond acceptors (Lipinski definition) is 2. The van der Waals surface area contributed by atoms with E-state index in [9.17, 15) is 0 Å². The van der Waals surface area contributed by atoms with Crippen LogP contribution >= 0.6 is 31.9 Å². The molecule has 0 saturated heterocycles. The summed E-state index contributed by atoms with van der Waals surface area (Å²) in [5.74, 6) is 0. The van der Waals surface area contributed by atoms with Gasteiger partial charge in [0.25, 0.3) is 0 Å². The predicted octanol–water partition coefficient (Wildman–Crippen LogP) is 3.15. The van der Waals surface area contributed by atoms with Crippen molar-refractivity contribution in [3.8, 4) is 0 Å². The summed E-state index contributed by atoms with van der Waals surface area (Å²) in [5.41, 5.74) is 0.749. The Kier molecular flexibility index (Phi) is 2.11. The molecule has 2 aromatic heterocycles. The van der Waals surface area contributed by atoms with Gasteiger partial charge < -0.3 is 0 Å². The van der Waals surface area contributed by atoms with Gasteiger partial charge in [0.15, 0.2) is 5.65 Å². The molecule has 0 aliphatic carbocycles. The third-order valence-corrected chi connectivity index (χ3v) is 2.86. The Labute approximate surface area is 86.3 Å². The van der Waals surface area contributed by atoms with E-state index in [4.69, 9.17) is 0 Å². The van der Waals surface area contributed by atoms with Crippen LogP contribution in [0.1, 0.15) is 0 Å². The Balaban J connectivity index is 2.96. The maximum atomic E-state index is 4.13. The van der Waals surface area contributed by atoms with E-state index in [-0.39, 0.29) is 0 Å². The van der Waals surface area contributed by atoms with Crippen molar-refractivity contribution in [1.29, 1.82) is 0 Å². The van der Waals surface area contributed by atoms with Crippen LogP contribution in [0, 0.1) is 0 Å². The van der Waals surface area contributed by atoms with Crippen molar-refractivity contribution in [3.05, 3.63) is 33.5 Å². The number of nitrogens with zero attached hydrogens (tertiary/aromatic N) is 2. The number of hydrogen-bond donors (Lipinski definition) is 0. The second-order valence-electron chi connectivity index (χ2n) is 2.28. The summed E-state index contributed by atoms with van der Waals surface area (Å²) < 4.78 is 2.01. The molecule has 4 heteroatoms. The minimum atomic E-state index is 0.749. The highest BCUT2D eigenvalue weighted by Gasteiger charge is 2.02. The maximum absolute atomic E-state index is 4.13. The molecule has 0 amide bonds. The summed E-state index contributed by atoms with van der Waals surface area (Å²) in [4.78, 5) is 8.26. The van der Waals surface area contributed by atoms with Crippen molar-refractivity contribution >= 4 is 42.9 Å². The lowest BCUT2D eigenvalue weighted by Crippen LogP contribution is -1.83. The molecular weight excluding hydrogens is 284 g/mol. The molecule has 0 radical (unpaired) electrons. The van der Waals surface area contributed by atoms with E-state index in [0.717, 1.165) is 20.0 Å². The van der Waals surface area contributed by atoms with E-state index in [2.05, 4.69) is 41.8 Å². The van der Waals surface area contributed by atoms with Crippen LogP contribution in [0.4, 0.5) is 0 Å². The van der Waals surface area contributed by atoms with Gasteiger partial charge in [-0.3, -0.25) is 0 Å². The van der Waals surface area contributed by atoms with Crippen LogP contribution in [0.25, 0.3) is 11.0 Å². The third kappa shape index (κ3) is 1.25. The Hall–Kier alpha value is -0.480. The molecule has 2 nitrogen and oxygen atoms in total. The van der Waals surface area contributed by atoms with Gasteiger partial charge in [-0.15, -0.1) is 0 Å². The van der Waals surface area contributed by atoms with Gasteiger partial charge in [0.05, 0.1) is 0 Å². The van der Waals surface area contributed by atoms with Gasteiger partial charge in [0, 0.05) is 26.7 Å². The summed E-state index contributed by atoms with van der Waals surface area (Å²) >= 11 is 6.88. The molecule has 0 fully saturated rings. The Morgan fingerprint density at radius 2 is 1.42 bits per heavy atom. The summed E-state index contributed by atoms with van der Waals surface area (Å²) in [6, 6.07) is 3.80. The molecule has 2 heterocycles. The molecule has 0 aliphatic rings. The van der Waals surface area contributed by atoms with Gasteiger partial charge in [-0.1, -0.05) is 0 Å². The summed E-state index contributed by atoms with van der Waals surface area (Å²) in [5, 5.41) is 1.01. The zero-order chi connectivity index (χ0) is 8.55. The highest BCUT2D eigenvalue weighted by atomic mass is 79.9. The van der Waals surface area contributed by atoms with Crippen LogP contribution in [0.3, 0.4) is 0 Å². The number of pyridine rings is 2. The number of rotatable bonds is 0. The molecule has 0 aromatic carbocycles. The SMILES string of the molecule is Brc1ccnc2nccc(Br)c12. The lowest BCUT2D eigenvalue weighted by atomic mass is 10.3. The van der Waals surface area contributed by atoms with E-state index in [1.54, 1.807) is 12.4 Å². The highest BCUT2D eigenvalue weighted by molar-refractivity contribution is 9.11. The maximum Gasteiger partial charge on any atom is 0.161 e. The van der Waals surface area contributed by atoms with Gasteiger partial charge in [-0.25, -0.2) is 9.97 Å². The summed E-state index contributed by atoms with van der Waals surface area (Å²) in [6.07, 6.45) is 3.46. The van der Waals surface area contributed by atoms with E-state index in [1.807, 2.05) is 12.1 Å². The molecule has 0 saturated carbocycles. The number of fused-ring (bicyclic) bond motifs is 1. The second-order valence-corrected chi connectivity index (χ2v) is 3.99. The lowest BCUT2D eigenvalue weighted by molar-refractivity contribution is 1.28. The van der Waals surface area contributed by atoms with Gasteiger partial charge in [0.2, 0.25) is 0 Å². The molecule has 12 heavy (non-hydrogen) atoms. The molecule has 2 rings (SSSR count). The molecule has 0 aliphatic heterocycles. The van der Waals surface area contributed by atoms with Gasteiger partial charge in [-0.2, -0.15) is 0 Å². The van der Waals surface area contributed by atoms with Crippen LogP contribution in [-0.2, 0) is 0 Å². The molecule has 0 bridgehead atoms. The van der Waals surface area contributed by atoms with Crippen LogP contribution in [0.5, 0.6) is 0 Å². The predicted molar refractivity (Wildman–Crippen MR) is 54.9 cm³/mol. The number of halogens is 2. The van der Waals surface area contributed by atoms with Gasteiger partial charge in [0.1, 0.15) is 0 Å². The molecular formula is C8H4Br2N2. The Bertz CT molecular complexity index is 392. The van der Waals surface area contributed by atoms with E-state index in [0.29, 0.717) is 0 Å². The lowest BCUT2D eigenvalue weighted by Gasteiger charge is -1.99. The van der Waals surface area contributed by atoms with E-state index < -0.39 is 0 Å². The molecule has 2 aromatic rings. The standard InChI is InChI=1S/C8H4Br2N2/c9-5-1-3-11-8-7(5)6(10)2-4-12-8/h1-4H. The minimum Gasteiger partial charge on any atom is -0.237 e. The van der Waals surface area contributed by atoms with Gasteiger partial charge in [-0.05, 0) is 44.0 Å². The van der Waals surface area contributed by atoms with Crippen molar-refractivity contribution < 1.29 is 0 Å². The normalized spacial score (nSPS) is 10.5. The van der Waals surface area contributed by atoms with Crippen LogP contribution in [0.15, 0.2) is 33.5 Å². The first kappa shape index (κ1) is 8.13. The van der Waals surface area contributed by atoms with Crippen molar-refractivity contribution in [3.63, 3.8) is 0 Å². The van der Waals surface area contributed by atoms with Crippen molar-refractivity contribution in [2.45, 2.75) is 0 Å². The topological polar surface area (TPSA) is 25.8 Å². The summed E-state index contributed by atoms with van der Waals surface area (Å²) in [7, 11) is 0. The van der Waals surface area contributed by atoms with Crippen LogP contribution < -0.4 is 0 Å². The zero-order valence-corrected chi connectivity index (χ0v) is 9.13. The quantitative estimate of drug-likeness (QED) is 0.744. The average Bonchev–Trinajstić information content (AvgIpc) is 2.04. The monoisotopic (exact) mass is 286 g/mol. The number of aromatic nitrogens is 2. The Morgan fingerprint density at radius 1 is 0.917 bits per heavy atom. The smallest absolute Gasteiger partial charge is 0.161 e. The largest absolute Gasteiger partial charge is 0.237 e. The fraction of sp³-hybridized carbons (Fsp3) is 0. The molecule has 60 valence electrons. The van der Waals surface area contributed by atoms with E-state index >= 15 is 0 Å². The molecule has 0 atom stereocenters. The fourth-order valence-electron chi connectivity index (χ4n) is 1.00. The minimum absolute atomic E-state index is 0.749. The van der Waals surface area contributed by atoms with Crippen LogP contribution in [0.2, 0.25) is 0 Å². The fourth-order valence-corrected chi connectivity index (χ4v) is 2.29. The van der Waals surface area contributed by atoms with Crippen LogP contribution in [-0.4, -0.2) is 9.97 Å². The summed E-state index contributed by atoms with van der Waals surface area (Å²) in [6.45, 7) is 0.